The van der Waals surface area contributed by atoms with Gasteiger partial charge in [0.05, 0.1) is 0 Å². The third-order valence-electron chi connectivity index (χ3n) is 4.77. The molecule has 2 unspecified atom stereocenters. The summed E-state index contributed by atoms with van der Waals surface area (Å²) in [6, 6.07) is 0. The van der Waals surface area contributed by atoms with Gasteiger partial charge in [0.25, 0.3) is 0 Å². The van der Waals surface area contributed by atoms with Crippen molar-refractivity contribution in [1.29, 1.82) is 0 Å². The molecular formula is C21H43N. The third-order valence-corrected chi connectivity index (χ3v) is 4.77. The minimum atomic E-state index is 0.779. The van der Waals surface area contributed by atoms with Gasteiger partial charge in [-0.25, -0.2) is 0 Å². The van der Waals surface area contributed by atoms with Crippen LogP contribution >= 0.6 is 0 Å². The molecule has 22 heavy (non-hydrogen) atoms. The lowest BCUT2D eigenvalue weighted by atomic mass is 9.91. The molecule has 132 valence electrons. The molecular weight excluding hydrogens is 266 g/mol. The number of hydrogen-bond acceptors (Lipinski definition) is 1. The van der Waals surface area contributed by atoms with E-state index in [0.717, 1.165) is 30.7 Å². The van der Waals surface area contributed by atoms with Crippen molar-refractivity contribution in [3.05, 3.63) is 12.3 Å². The molecule has 2 atom stereocenters. The Morgan fingerprint density at radius 3 is 2.14 bits per heavy atom. The molecule has 0 aliphatic rings. The van der Waals surface area contributed by atoms with E-state index in [1.165, 1.54) is 63.5 Å². The van der Waals surface area contributed by atoms with Crippen LogP contribution in [-0.4, -0.2) is 6.54 Å². The van der Waals surface area contributed by atoms with Crippen molar-refractivity contribution in [2.24, 2.45) is 17.8 Å². The highest BCUT2D eigenvalue weighted by Crippen LogP contribution is 2.20. The van der Waals surface area contributed by atoms with Gasteiger partial charge in [0, 0.05) is 12.2 Å². The summed E-state index contributed by atoms with van der Waals surface area (Å²) in [5.41, 5.74) is 1.23. The second-order valence-electron chi connectivity index (χ2n) is 7.87. The highest BCUT2D eigenvalue weighted by Gasteiger charge is 2.06. The molecule has 0 saturated carbocycles. The van der Waals surface area contributed by atoms with Gasteiger partial charge in [0.1, 0.15) is 0 Å². The van der Waals surface area contributed by atoms with Crippen molar-refractivity contribution >= 4 is 0 Å². The van der Waals surface area contributed by atoms with Gasteiger partial charge < -0.3 is 5.32 Å². The Balaban J connectivity index is 3.31. The zero-order valence-electron chi connectivity index (χ0n) is 16.2. The minimum Gasteiger partial charge on any atom is -0.389 e. The molecule has 0 bridgehead atoms. The first kappa shape index (κ1) is 21.5. The van der Waals surface area contributed by atoms with Crippen LogP contribution < -0.4 is 5.32 Å². The van der Waals surface area contributed by atoms with E-state index in [4.69, 9.17) is 0 Å². The van der Waals surface area contributed by atoms with Gasteiger partial charge >= 0.3 is 0 Å². The second kappa shape index (κ2) is 14.2. The first-order valence-electron chi connectivity index (χ1n) is 9.87. The zero-order chi connectivity index (χ0) is 16.8. The minimum absolute atomic E-state index is 0.779. The topological polar surface area (TPSA) is 12.0 Å². The maximum atomic E-state index is 4.11. The fraction of sp³-hybridized carbons (Fsp3) is 0.905. The maximum Gasteiger partial charge on any atom is 0.0143 e. The van der Waals surface area contributed by atoms with Crippen LogP contribution in [0.15, 0.2) is 12.3 Å². The van der Waals surface area contributed by atoms with Crippen molar-refractivity contribution < 1.29 is 0 Å². The van der Waals surface area contributed by atoms with Crippen LogP contribution in [0.2, 0.25) is 0 Å². The van der Waals surface area contributed by atoms with Crippen molar-refractivity contribution in [2.45, 2.75) is 98.8 Å². The lowest BCUT2D eigenvalue weighted by Gasteiger charge is -2.15. The Kier molecular flexibility index (Phi) is 13.9. The number of unbranched alkanes of at least 4 members (excludes halogenated alkanes) is 4. The van der Waals surface area contributed by atoms with Crippen molar-refractivity contribution in [3.63, 3.8) is 0 Å². The molecule has 0 aliphatic carbocycles. The fourth-order valence-corrected chi connectivity index (χ4v) is 2.94. The standard InChI is InChI=1S/C21H43N/c1-7-19(4)17-20(5)13-11-9-8-10-12-16-22-21(6)15-14-18(2)3/h18-20,22H,6-17H2,1-5H3. The van der Waals surface area contributed by atoms with E-state index >= 15 is 0 Å². The van der Waals surface area contributed by atoms with Crippen LogP contribution in [0.25, 0.3) is 0 Å². The molecule has 0 aromatic heterocycles. The maximum absolute atomic E-state index is 4.11. The normalized spacial score (nSPS) is 14.1. The summed E-state index contributed by atoms with van der Waals surface area (Å²) in [4.78, 5) is 0. The molecule has 1 nitrogen and oxygen atoms in total. The molecule has 0 rings (SSSR count). The predicted molar refractivity (Wildman–Crippen MR) is 102 cm³/mol. The first-order chi connectivity index (χ1) is 10.5. The molecule has 0 saturated heterocycles. The predicted octanol–water partition coefficient (Wildman–Crippen LogP) is 6.94. The average Bonchev–Trinajstić information content (AvgIpc) is 2.47. The molecule has 1 N–H and O–H groups in total. The Bertz CT molecular complexity index is 257. The van der Waals surface area contributed by atoms with E-state index in [0.29, 0.717) is 0 Å². The van der Waals surface area contributed by atoms with Gasteiger partial charge in [-0.05, 0) is 43.4 Å². The van der Waals surface area contributed by atoms with E-state index in [-0.39, 0.29) is 0 Å². The van der Waals surface area contributed by atoms with E-state index in [1.807, 2.05) is 0 Å². The Hall–Kier alpha value is -0.460. The summed E-state index contributed by atoms with van der Waals surface area (Å²) in [7, 11) is 0. The van der Waals surface area contributed by atoms with Crippen molar-refractivity contribution in [2.75, 3.05) is 6.54 Å². The van der Waals surface area contributed by atoms with Crippen molar-refractivity contribution in [1.82, 2.24) is 5.32 Å². The van der Waals surface area contributed by atoms with Gasteiger partial charge in [-0.3, -0.25) is 0 Å². The highest BCUT2D eigenvalue weighted by molar-refractivity contribution is 4.90. The van der Waals surface area contributed by atoms with Gasteiger partial charge in [-0.2, -0.15) is 0 Å². The molecule has 0 fully saturated rings. The lowest BCUT2D eigenvalue weighted by molar-refractivity contribution is 0.374. The Morgan fingerprint density at radius 1 is 0.864 bits per heavy atom. The van der Waals surface area contributed by atoms with Crippen LogP contribution in [0.4, 0.5) is 0 Å². The van der Waals surface area contributed by atoms with Gasteiger partial charge in [0.15, 0.2) is 0 Å². The monoisotopic (exact) mass is 309 g/mol. The number of rotatable bonds is 15. The molecule has 0 amide bonds. The number of allylic oxidation sites excluding steroid dienone is 1. The van der Waals surface area contributed by atoms with Crippen LogP contribution in [0.5, 0.6) is 0 Å². The van der Waals surface area contributed by atoms with Crippen LogP contribution in [0.1, 0.15) is 98.8 Å². The number of hydrogen-bond donors (Lipinski definition) is 1. The highest BCUT2D eigenvalue weighted by atomic mass is 14.9. The third kappa shape index (κ3) is 14.5. The summed E-state index contributed by atoms with van der Waals surface area (Å²) >= 11 is 0. The summed E-state index contributed by atoms with van der Waals surface area (Å²) in [6.45, 7) is 16.9. The summed E-state index contributed by atoms with van der Waals surface area (Å²) < 4.78 is 0. The quantitative estimate of drug-likeness (QED) is 0.323. The van der Waals surface area contributed by atoms with Gasteiger partial charge in [-0.1, -0.05) is 79.7 Å². The van der Waals surface area contributed by atoms with E-state index in [9.17, 15) is 0 Å². The zero-order valence-corrected chi connectivity index (χ0v) is 16.2. The van der Waals surface area contributed by atoms with E-state index < -0.39 is 0 Å². The van der Waals surface area contributed by atoms with Crippen LogP contribution in [-0.2, 0) is 0 Å². The first-order valence-corrected chi connectivity index (χ1v) is 9.87. The molecule has 0 aliphatic heterocycles. The lowest BCUT2D eigenvalue weighted by Crippen LogP contribution is -2.14. The SMILES string of the molecule is C=C(CCC(C)C)NCCCCCCCC(C)CC(C)CC. The summed E-state index contributed by atoms with van der Waals surface area (Å²) in [5, 5.41) is 3.48. The number of nitrogens with one attached hydrogen (secondary N) is 1. The van der Waals surface area contributed by atoms with E-state index in [2.05, 4.69) is 46.5 Å². The summed E-state index contributed by atoms with van der Waals surface area (Å²) in [5.74, 6) is 2.60. The van der Waals surface area contributed by atoms with Crippen LogP contribution in [0, 0.1) is 17.8 Å². The van der Waals surface area contributed by atoms with E-state index in [1.54, 1.807) is 0 Å². The van der Waals surface area contributed by atoms with Crippen LogP contribution in [0.3, 0.4) is 0 Å². The molecule has 1 heteroatoms. The van der Waals surface area contributed by atoms with Gasteiger partial charge in [-0.15, -0.1) is 0 Å². The average molecular weight is 310 g/mol. The summed E-state index contributed by atoms with van der Waals surface area (Å²) in [6.07, 6.45) is 13.5. The molecule has 0 spiro atoms. The molecule has 0 heterocycles. The molecule has 0 aromatic rings. The largest absolute Gasteiger partial charge is 0.389 e. The fourth-order valence-electron chi connectivity index (χ4n) is 2.94. The molecule has 0 radical (unpaired) electrons. The Labute approximate surface area is 141 Å². The smallest absolute Gasteiger partial charge is 0.0143 e. The van der Waals surface area contributed by atoms with Crippen molar-refractivity contribution in [3.8, 4) is 0 Å². The second-order valence-corrected chi connectivity index (χ2v) is 7.87. The Morgan fingerprint density at radius 2 is 1.50 bits per heavy atom. The molecule has 0 aromatic carbocycles. The van der Waals surface area contributed by atoms with Gasteiger partial charge in [0.2, 0.25) is 0 Å².